The van der Waals surface area contributed by atoms with Crippen LogP contribution >= 0.6 is 34.8 Å². The summed E-state index contributed by atoms with van der Waals surface area (Å²) in [6.45, 7) is 0. The number of ketones is 1. The molecule has 2 rings (SSSR count). The second kappa shape index (κ2) is 3.87. The number of hydrogen-bond acceptors (Lipinski definition) is 2. The van der Waals surface area contributed by atoms with Crippen LogP contribution in [0.2, 0.25) is 0 Å². The molecule has 84 valence electrons. The zero-order valence-corrected chi connectivity index (χ0v) is 9.87. The van der Waals surface area contributed by atoms with E-state index in [4.69, 9.17) is 34.8 Å². The molecular formula is C9H4Cl3FN2O. The van der Waals surface area contributed by atoms with Gasteiger partial charge in [0.15, 0.2) is 0 Å². The molecule has 0 radical (unpaired) electrons. The van der Waals surface area contributed by atoms with Crippen molar-refractivity contribution in [2.75, 3.05) is 0 Å². The molecule has 16 heavy (non-hydrogen) atoms. The highest BCUT2D eigenvalue weighted by Gasteiger charge is 2.33. The zero-order valence-electron chi connectivity index (χ0n) is 7.60. The Kier molecular flexibility index (Phi) is 2.82. The first-order valence-corrected chi connectivity index (χ1v) is 5.27. The summed E-state index contributed by atoms with van der Waals surface area (Å²) < 4.78 is 10.9. The van der Waals surface area contributed by atoms with Gasteiger partial charge in [0.05, 0.1) is 6.20 Å². The number of aromatic nitrogens is 2. The zero-order chi connectivity index (χ0) is 11.9. The number of pyridine rings is 1. The SMILES string of the molecule is O=C(c1c[nH]c2ncc(F)cc12)C(Cl)(Cl)Cl. The van der Waals surface area contributed by atoms with Crippen molar-refractivity contribution in [2.24, 2.45) is 0 Å². The van der Waals surface area contributed by atoms with Crippen LogP contribution in [0.1, 0.15) is 10.4 Å². The van der Waals surface area contributed by atoms with Crippen LogP contribution in [0.25, 0.3) is 11.0 Å². The number of aromatic amines is 1. The van der Waals surface area contributed by atoms with Crippen LogP contribution in [0.4, 0.5) is 4.39 Å². The van der Waals surface area contributed by atoms with Gasteiger partial charge in [-0.3, -0.25) is 4.79 Å². The largest absolute Gasteiger partial charge is 0.345 e. The quantitative estimate of drug-likeness (QED) is 0.644. The second-order valence-electron chi connectivity index (χ2n) is 3.08. The molecule has 2 aromatic heterocycles. The fourth-order valence-electron chi connectivity index (χ4n) is 1.32. The Morgan fingerprint density at radius 3 is 2.75 bits per heavy atom. The number of alkyl halides is 3. The van der Waals surface area contributed by atoms with E-state index in [0.717, 1.165) is 12.3 Å². The van der Waals surface area contributed by atoms with Crippen LogP contribution in [0.5, 0.6) is 0 Å². The molecule has 3 nitrogen and oxygen atoms in total. The molecule has 2 aromatic rings. The molecule has 7 heteroatoms. The Bertz CT molecular complexity index is 561. The second-order valence-corrected chi connectivity index (χ2v) is 5.36. The van der Waals surface area contributed by atoms with E-state index in [1.54, 1.807) is 0 Å². The molecule has 0 aliphatic carbocycles. The molecule has 0 saturated carbocycles. The van der Waals surface area contributed by atoms with Crippen LogP contribution in [0.3, 0.4) is 0 Å². The molecule has 0 amide bonds. The van der Waals surface area contributed by atoms with Crippen molar-refractivity contribution < 1.29 is 9.18 Å². The molecular weight excluding hydrogens is 277 g/mol. The van der Waals surface area contributed by atoms with Crippen LogP contribution in [0, 0.1) is 5.82 Å². The number of H-pyrrole nitrogens is 1. The number of nitrogens with zero attached hydrogens (tertiary/aromatic N) is 1. The summed E-state index contributed by atoms with van der Waals surface area (Å²) in [6.07, 6.45) is 2.36. The van der Waals surface area contributed by atoms with E-state index in [1.807, 2.05) is 0 Å². The highest BCUT2D eigenvalue weighted by Crippen LogP contribution is 2.32. The highest BCUT2D eigenvalue weighted by molar-refractivity contribution is 6.77. The van der Waals surface area contributed by atoms with Gasteiger partial charge in [-0.25, -0.2) is 9.37 Å². The summed E-state index contributed by atoms with van der Waals surface area (Å²) in [5, 5.41) is 0.288. The van der Waals surface area contributed by atoms with Crippen molar-refractivity contribution in [3.63, 3.8) is 0 Å². The van der Waals surface area contributed by atoms with Crippen molar-refractivity contribution in [1.29, 1.82) is 0 Å². The van der Waals surface area contributed by atoms with Crippen molar-refractivity contribution in [3.05, 3.63) is 29.8 Å². The van der Waals surface area contributed by atoms with Gasteiger partial charge in [0, 0.05) is 17.1 Å². The fraction of sp³-hybridized carbons (Fsp3) is 0.111. The van der Waals surface area contributed by atoms with Gasteiger partial charge in [-0.15, -0.1) is 0 Å². The normalized spacial score (nSPS) is 12.0. The van der Waals surface area contributed by atoms with E-state index in [-0.39, 0.29) is 10.9 Å². The number of rotatable bonds is 1. The van der Waals surface area contributed by atoms with Gasteiger partial charge in [-0.1, -0.05) is 34.8 Å². The molecule has 0 aliphatic heterocycles. The van der Waals surface area contributed by atoms with Gasteiger partial charge >= 0.3 is 0 Å². The first-order valence-electron chi connectivity index (χ1n) is 4.14. The molecule has 0 unspecified atom stereocenters. The number of hydrogen-bond donors (Lipinski definition) is 1. The van der Waals surface area contributed by atoms with Gasteiger partial charge in [-0.2, -0.15) is 0 Å². The number of carbonyl (C=O) groups is 1. The molecule has 0 spiro atoms. The highest BCUT2D eigenvalue weighted by atomic mass is 35.6. The van der Waals surface area contributed by atoms with Crippen molar-refractivity contribution in [3.8, 4) is 0 Å². The standard InChI is InChI=1S/C9H4Cl3FN2O/c10-9(11,12)7(16)6-3-15-8-5(6)1-4(13)2-14-8/h1-3H,(H,14,15). The van der Waals surface area contributed by atoms with Crippen molar-refractivity contribution in [2.45, 2.75) is 3.79 Å². The molecule has 0 fully saturated rings. The Morgan fingerprint density at radius 1 is 1.44 bits per heavy atom. The van der Waals surface area contributed by atoms with E-state index in [9.17, 15) is 9.18 Å². The fourth-order valence-corrected chi connectivity index (χ4v) is 1.62. The maximum atomic E-state index is 13.0. The minimum atomic E-state index is -2.07. The lowest BCUT2D eigenvalue weighted by atomic mass is 10.1. The van der Waals surface area contributed by atoms with E-state index >= 15 is 0 Å². The third-order valence-electron chi connectivity index (χ3n) is 2.00. The summed E-state index contributed by atoms with van der Waals surface area (Å²) in [5.41, 5.74) is 0.459. The van der Waals surface area contributed by atoms with Crippen molar-refractivity contribution in [1.82, 2.24) is 9.97 Å². The maximum Gasteiger partial charge on any atom is 0.253 e. The third-order valence-corrected chi connectivity index (χ3v) is 2.51. The van der Waals surface area contributed by atoms with Gasteiger partial charge in [0.25, 0.3) is 3.79 Å². The van der Waals surface area contributed by atoms with Gasteiger partial charge in [-0.05, 0) is 6.07 Å². The van der Waals surface area contributed by atoms with E-state index < -0.39 is 15.4 Å². The van der Waals surface area contributed by atoms with Gasteiger partial charge in [0.2, 0.25) is 5.78 Å². The van der Waals surface area contributed by atoms with E-state index in [0.29, 0.717) is 5.65 Å². The molecule has 0 atom stereocenters. The van der Waals surface area contributed by atoms with Crippen LogP contribution in [0.15, 0.2) is 18.5 Å². The van der Waals surface area contributed by atoms with E-state index in [2.05, 4.69) is 9.97 Å². The van der Waals surface area contributed by atoms with Crippen LogP contribution in [-0.4, -0.2) is 19.5 Å². The minimum Gasteiger partial charge on any atom is -0.345 e. The van der Waals surface area contributed by atoms with E-state index in [1.165, 1.54) is 6.20 Å². The Hall–Kier alpha value is -0.840. The topological polar surface area (TPSA) is 45.8 Å². The molecule has 0 bridgehead atoms. The third kappa shape index (κ3) is 2.00. The first kappa shape index (κ1) is 11.6. The van der Waals surface area contributed by atoms with Crippen LogP contribution in [-0.2, 0) is 0 Å². The lowest BCUT2D eigenvalue weighted by molar-refractivity contribution is 0.0998. The molecule has 2 heterocycles. The Morgan fingerprint density at radius 2 is 2.12 bits per heavy atom. The monoisotopic (exact) mass is 280 g/mol. The summed E-state index contributed by atoms with van der Waals surface area (Å²) in [4.78, 5) is 18.1. The molecule has 0 aliphatic rings. The van der Waals surface area contributed by atoms with Gasteiger partial charge < -0.3 is 4.98 Å². The molecule has 1 N–H and O–H groups in total. The average molecular weight is 282 g/mol. The summed E-state index contributed by atoms with van der Waals surface area (Å²) in [5.74, 6) is -1.29. The Balaban J connectivity index is 2.62. The predicted molar refractivity (Wildman–Crippen MR) is 60.7 cm³/mol. The van der Waals surface area contributed by atoms with Gasteiger partial charge in [0.1, 0.15) is 11.5 Å². The summed E-state index contributed by atoms with van der Waals surface area (Å²) in [7, 11) is 0. The predicted octanol–water partition coefficient (Wildman–Crippen LogP) is 3.25. The molecule has 0 aromatic carbocycles. The summed E-state index contributed by atoms with van der Waals surface area (Å²) >= 11 is 16.4. The Labute approximate surface area is 105 Å². The number of Topliss-reactive ketones (excluding diaryl/α,β-unsaturated/α-hetero) is 1. The average Bonchev–Trinajstić information content (AvgIpc) is 2.57. The number of nitrogens with one attached hydrogen (secondary N) is 1. The smallest absolute Gasteiger partial charge is 0.253 e. The maximum absolute atomic E-state index is 13.0. The lowest BCUT2D eigenvalue weighted by Crippen LogP contribution is -2.18. The number of halogens is 4. The first-order chi connectivity index (χ1) is 7.39. The number of carbonyl (C=O) groups excluding carboxylic acids is 1. The lowest BCUT2D eigenvalue weighted by Gasteiger charge is -2.07. The van der Waals surface area contributed by atoms with Crippen LogP contribution < -0.4 is 0 Å². The summed E-state index contributed by atoms with van der Waals surface area (Å²) in [6, 6.07) is 1.16. The number of fused-ring (bicyclic) bond motifs is 1. The minimum absolute atomic E-state index is 0.0991. The van der Waals surface area contributed by atoms with Crippen molar-refractivity contribution >= 4 is 51.6 Å². The molecule has 0 saturated heterocycles.